The molecular formula is C36H43N3O6. The predicted molar refractivity (Wildman–Crippen MR) is 172 cm³/mol. The van der Waals surface area contributed by atoms with Crippen LogP contribution in [0.2, 0.25) is 0 Å². The van der Waals surface area contributed by atoms with Crippen LogP contribution in [0.5, 0.6) is 0 Å². The molecule has 4 aliphatic heterocycles. The number of hydrogen-bond acceptors (Lipinski definition) is 7. The average Bonchev–Trinajstić information content (AvgIpc) is 3.41. The van der Waals surface area contributed by atoms with Gasteiger partial charge in [0.05, 0.1) is 25.2 Å². The lowest BCUT2D eigenvalue weighted by Crippen LogP contribution is -2.59. The van der Waals surface area contributed by atoms with Crippen molar-refractivity contribution in [2.45, 2.75) is 63.3 Å². The molecule has 1 unspecified atom stereocenters. The summed E-state index contributed by atoms with van der Waals surface area (Å²) in [6, 6.07) is 15.7. The van der Waals surface area contributed by atoms with Gasteiger partial charge in [0.15, 0.2) is 0 Å². The van der Waals surface area contributed by atoms with Crippen LogP contribution < -0.4 is 9.80 Å². The fourth-order valence-corrected chi connectivity index (χ4v) is 7.86. The molecule has 238 valence electrons. The molecule has 0 aliphatic carbocycles. The standard InChI is InChI=1S/C36H43N3O6/c1-4-35-19-10-11-22-44-34(43)30(35)29-32(41)39(28(24-40)23-25-13-8-7-9-14-25)31-33(42)38(21-12-20-36(29,31)45-35)27-17-15-26(16-18-27)37(5-2)6-3/h7-10,12-20,28-31,40H,4-6,11,21-24H2,1-3H3/t28-,29+,30+,31?,35-,36+/m1/s1. The Labute approximate surface area is 265 Å². The van der Waals surface area contributed by atoms with Crippen LogP contribution in [0.15, 0.2) is 78.9 Å². The fourth-order valence-electron chi connectivity index (χ4n) is 7.86. The molecule has 0 saturated carbocycles. The number of fused-ring (bicyclic) bond motifs is 2. The van der Waals surface area contributed by atoms with Gasteiger partial charge in [-0.3, -0.25) is 14.4 Å². The number of anilines is 2. The van der Waals surface area contributed by atoms with E-state index in [1.807, 2.05) is 85.8 Å². The summed E-state index contributed by atoms with van der Waals surface area (Å²) in [6.45, 7) is 7.99. The smallest absolute Gasteiger partial charge is 0.313 e. The zero-order valence-corrected chi connectivity index (χ0v) is 26.3. The summed E-state index contributed by atoms with van der Waals surface area (Å²) in [4.78, 5) is 48.8. The summed E-state index contributed by atoms with van der Waals surface area (Å²) in [5.41, 5.74) is 0.146. The normalized spacial score (nSPS) is 29.8. The highest BCUT2D eigenvalue weighted by Gasteiger charge is 2.76. The highest BCUT2D eigenvalue weighted by atomic mass is 16.6. The van der Waals surface area contributed by atoms with Crippen molar-refractivity contribution in [3.63, 3.8) is 0 Å². The summed E-state index contributed by atoms with van der Waals surface area (Å²) in [5, 5.41) is 10.8. The third kappa shape index (κ3) is 5.06. The van der Waals surface area contributed by atoms with Crippen molar-refractivity contribution in [3.05, 3.63) is 84.5 Å². The van der Waals surface area contributed by atoms with E-state index in [9.17, 15) is 19.5 Å². The van der Waals surface area contributed by atoms with Crippen molar-refractivity contribution in [1.82, 2.24) is 4.90 Å². The van der Waals surface area contributed by atoms with E-state index in [0.29, 0.717) is 24.9 Å². The van der Waals surface area contributed by atoms with Gasteiger partial charge in [-0.2, -0.15) is 0 Å². The highest BCUT2D eigenvalue weighted by Crippen LogP contribution is 2.58. The van der Waals surface area contributed by atoms with Gasteiger partial charge in [-0.05, 0) is 62.9 Å². The van der Waals surface area contributed by atoms with Crippen LogP contribution in [-0.2, 0) is 30.3 Å². The molecular weight excluding hydrogens is 570 g/mol. The Kier molecular flexibility index (Phi) is 8.59. The number of benzene rings is 2. The van der Waals surface area contributed by atoms with Gasteiger partial charge in [-0.25, -0.2) is 0 Å². The van der Waals surface area contributed by atoms with Crippen molar-refractivity contribution in [3.8, 4) is 0 Å². The lowest BCUT2D eigenvalue weighted by molar-refractivity contribution is -0.161. The first-order chi connectivity index (χ1) is 21.8. The number of nitrogens with zero attached hydrogens (tertiary/aromatic N) is 3. The Morgan fingerprint density at radius 1 is 0.933 bits per heavy atom. The maximum atomic E-state index is 14.9. The molecule has 0 bridgehead atoms. The summed E-state index contributed by atoms with van der Waals surface area (Å²) < 4.78 is 12.7. The highest BCUT2D eigenvalue weighted by molar-refractivity contribution is 6.06. The van der Waals surface area contributed by atoms with Gasteiger partial charge in [0.2, 0.25) is 5.91 Å². The number of likely N-dealkylation sites (tertiary alicyclic amines) is 1. The van der Waals surface area contributed by atoms with Crippen LogP contribution in [-0.4, -0.2) is 83.9 Å². The molecule has 0 radical (unpaired) electrons. The van der Waals surface area contributed by atoms with Gasteiger partial charge in [0.25, 0.3) is 5.91 Å². The molecule has 2 fully saturated rings. The number of aliphatic hydroxyl groups is 1. The third-order valence-corrected chi connectivity index (χ3v) is 10.0. The average molecular weight is 614 g/mol. The molecule has 1 N–H and O–H groups in total. The first kappa shape index (κ1) is 31.0. The number of carbonyl (C=O) groups is 3. The Morgan fingerprint density at radius 3 is 2.33 bits per heavy atom. The van der Waals surface area contributed by atoms with Gasteiger partial charge >= 0.3 is 5.97 Å². The van der Waals surface area contributed by atoms with E-state index in [-0.39, 0.29) is 31.6 Å². The molecule has 2 saturated heterocycles. The van der Waals surface area contributed by atoms with Crippen molar-refractivity contribution in [1.29, 1.82) is 0 Å². The molecule has 6 atom stereocenters. The lowest BCUT2D eigenvalue weighted by Gasteiger charge is -2.41. The van der Waals surface area contributed by atoms with E-state index in [1.54, 1.807) is 4.90 Å². The lowest BCUT2D eigenvalue weighted by atomic mass is 9.73. The second-order valence-electron chi connectivity index (χ2n) is 12.3. The van der Waals surface area contributed by atoms with Crippen molar-refractivity contribution >= 4 is 29.2 Å². The van der Waals surface area contributed by atoms with Gasteiger partial charge in [0.1, 0.15) is 23.2 Å². The number of rotatable bonds is 9. The van der Waals surface area contributed by atoms with Crippen LogP contribution in [0.3, 0.4) is 0 Å². The number of ether oxygens (including phenoxy) is 2. The van der Waals surface area contributed by atoms with Crippen molar-refractivity contribution in [2.24, 2.45) is 11.8 Å². The van der Waals surface area contributed by atoms with E-state index in [4.69, 9.17) is 9.47 Å². The van der Waals surface area contributed by atoms with Crippen LogP contribution in [0.25, 0.3) is 0 Å². The molecule has 45 heavy (non-hydrogen) atoms. The van der Waals surface area contributed by atoms with Crippen LogP contribution in [0, 0.1) is 11.8 Å². The quantitative estimate of drug-likeness (QED) is 0.338. The Morgan fingerprint density at radius 2 is 1.67 bits per heavy atom. The molecule has 1 spiro atoms. The minimum atomic E-state index is -1.43. The first-order valence-electron chi connectivity index (χ1n) is 16.2. The molecule has 4 heterocycles. The molecule has 2 amide bonds. The third-order valence-electron chi connectivity index (χ3n) is 10.0. The minimum Gasteiger partial charge on any atom is -0.465 e. The molecule has 6 rings (SSSR count). The van der Waals surface area contributed by atoms with Gasteiger partial charge in [0, 0.05) is 31.0 Å². The number of cyclic esters (lactones) is 1. The maximum absolute atomic E-state index is 14.9. The van der Waals surface area contributed by atoms with E-state index in [2.05, 4.69) is 18.7 Å². The molecule has 2 aromatic rings. The van der Waals surface area contributed by atoms with Crippen LogP contribution in [0.1, 0.15) is 39.2 Å². The van der Waals surface area contributed by atoms with E-state index in [0.717, 1.165) is 24.3 Å². The number of carbonyl (C=O) groups excluding carboxylic acids is 3. The molecule has 2 aromatic carbocycles. The zero-order chi connectivity index (χ0) is 31.8. The fraction of sp³-hybridized carbons (Fsp3) is 0.472. The monoisotopic (exact) mass is 613 g/mol. The van der Waals surface area contributed by atoms with Gasteiger partial charge in [-0.1, -0.05) is 61.6 Å². The Hall–Kier alpha value is -3.95. The predicted octanol–water partition coefficient (Wildman–Crippen LogP) is 3.90. The van der Waals surface area contributed by atoms with Crippen molar-refractivity contribution in [2.75, 3.05) is 42.6 Å². The Balaban J connectivity index is 1.47. The van der Waals surface area contributed by atoms with Gasteiger partial charge < -0.3 is 29.3 Å². The summed E-state index contributed by atoms with van der Waals surface area (Å²) in [7, 11) is 0. The molecule has 4 aliphatic rings. The number of aliphatic hydroxyl groups excluding tert-OH is 1. The maximum Gasteiger partial charge on any atom is 0.313 e. The largest absolute Gasteiger partial charge is 0.465 e. The second kappa shape index (κ2) is 12.4. The van der Waals surface area contributed by atoms with E-state index in [1.165, 1.54) is 4.90 Å². The minimum absolute atomic E-state index is 0.214. The number of esters is 1. The SMILES string of the molecule is CCN(CC)c1ccc(N2CC=C[C@]34O[C@]5(CC)C=CCCOC(=O)[C@@H]5[C@H]3C(=O)N([C@@H](CO)Cc3ccccc3)C4C2=O)cc1. The van der Waals surface area contributed by atoms with Gasteiger partial charge in [-0.15, -0.1) is 0 Å². The van der Waals surface area contributed by atoms with Crippen molar-refractivity contribution < 1.29 is 29.0 Å². The molecule has 0 aromatic heterocycles. The van der Waals surface area contributed by atoms with Crippen LogP contribution >= 0.6 is 0 Å². The topological polar surface area (TPSA) is 99.6 Å². The first-order valence-corrected chi connectivity index (χ1v) is 16.2. The Bertz CT molecular complexity index is 1470. The number of hydrogen-bond donors (Lipinski definition) is 1. The molecule has 9 nitrogen and oxygen atoms in total. The second-order valence-corrected chi connectivity index (χ2v) is 12.3. The summed E-state index contributed by atoms with van der Waals surface area (Å²) in [5.74, 6) is -3.11. The van der Waals surface area contributed by atoms with E-state index < -0.39 is 41.1 Å². The van der Waals surface area contributed by atoms with E-state index >= 15 is 0 Å². The zero-order valence-electron chi connectivity index (χ0n) is 26.3. The van der Waals surface area contributed by atoms with Crippen LogP contribution in [0.4, 0.5) is 11.4 Å². The molecule has 9 heteroatoms. The summed E-state index contributed by atoms with van der Waals surface area (Å²) in [6.07, 6.45) is 8.86. The number of amides is 2. The summed E-state index contributed by atoms with van der Waals surface area (Å²) >= 11 is 0.